The molecular formula is C54H42O9. The van der Waals surface area contributed by atoms with Crippen molar-refractivity contribution in [2.45, 2.75) is 37.0 Å². The molecule has 0 spiro atoms. The van der Waals surface area contributed by atoms with Crippen molar-refractivity contribution in [3.63, 3.8) is 0 Å². The van der Waals surface area contributed by atoms with Crippen molar-refractivity contribution in [1.82, 2.24) is 0 Å². The lowest BCUT2D eigenvalue weighted by Crippen LogP contribution is -2.39. The molecule has 3 atom stereocenters. The SMILES string of the molecule is CC(C(=O)O)(c1ccc(C(=O)c2ccccc2)cc1)c1cc(C(C)(C(=O)O)c2ccc(C(=O)c3ccccc3)cc2)cc(C(C)(C(=O)O)c2ccc(C(=O)c3ccccc3)cc2)c1. The van der Waals surface area contributed by atoms with Crippen LogP contribution in [0.3, 0.4) is 0 Å². The van der Waals surface area contributed by atoms with Crippen molar-refractivity contribution < 1.29 is 44.1 Å². The van der Waals surface area contributed by atoms with E-state index >= 15 is 0 Å². The van der Waals surface area contributed by atoms with Gasteiger partial charge in [-0.15, -0.1) is 0 Å². The van der Waals surface area contributed by atoms with E-state index in [1.54, 1.807) is 91.0 Å². The largest absolute Gasteiger partial charge is 0.480 e. The average molecular weight is 835 g/mol. The molecule has 3 unspecified atom stereocenters. The molecule has 7 rings (SSSR count). The minimum Gasteiger partial charge on any atom is -0.480 e. The Morgan fingerprint density at radius 2 is 0.476 bits per heavy atom. The maximum atomic E-state index is 13.7. The summed E-state index contributed by atoms with van der Waals surface area (Å²) in [6.45, 7) is 4.32. The molecular weight excluding hydrogens is 793 g/mol. The van der Waals surface area contributed by atoms with Gasteiger partial charge < -0.3 is 15.3 Å². The smallest absolute Gasteiger partial charge is 0.318 e. The van der Waals surface area contributed by atoms with Crippen LogP contribution in [0.1, 0.15) is 102 Å². The van der Waals surface area contributed by atoms with Gasteiger partial charge in [-0.05, 0) is 54.2 Å². The summed E-state index contributed by atoms with van der Waals surface area (Å²) in [5.41, 5.74) is -2.57. The van der Waals surface area contributed by atoms with Gasteiger partial charge >= 0.3 is 17.9 Å². The second kappa shape index (κ2) is 17.1. The minimum absolute atomic E-state index is 0.0661. The van der Waals surface area contributed by atoms with Gasteiger partial charge in [-0.25, -0.2) is 0 Å². The summed E-state index contributed by atoms with van der Waals surface area (Å²) in [7, 11) is 0. The fourth-order valence-corrected chi connectivity index (χ4v) is 7.87. The molecule has 312 valence electrons. The number of carbonyl (C=O) groups is 6. The van der Waals surface area contributed by atoms with Crippen molar-refractivity contribution in [3.05, 3.63) is 249 Å². The number of carboxylic acid groups (broad SMARTS) is 3. The molecule has 0 aliphatic carbocycles. The van der Waals surface area contributed by atoms with E-state index in [4.69, 9.17) is 0 Å². The van der Waals surface area contributed by atoms with Gasteiger partial charge in [0.05, 0.1) is 0 Å². The van der Waals surface area contributed by atoms with Gasteiger partial charge in [-0.1, -0.05) is 182 Å². The van der Waals surface area contributed by atoms with Crippen LogP contribution in [0, 0.1) is 0 Å². The van der Waals surface area contributed by atoms with Gasteiger partial charge in [-0.3, -0.25) is 28.8 Å². The summed E-state index contributed by atoms with van der Waals surface area (Å²) in [5.74, 6) is -4.79. The summed E-state index contributed by atoms with van der Waals surface area (Å²) >= 11 is 0. The topological polar surface area (TPSA) is 163 Å². The number of aliphatic carboxylic acids is 3. The molecule has 0 fully saturated rings. The maximum absolute atomic E-state index is 13.7. The fraction of sp³-hybridized carbons (Fsp3) is 0.111. The number of benzene rings is 7. The summed E-state index contributed by atoms with van der Waals surface area (Å²) in [4.78, 5) is 80.9. The van der Waals surface area contributed by atoms with Crippen molar-refractivity contribution in [3.8, 4) is 0 Å². The number of hydrogen-bond donors (Lipinski definition) is 3. The highest BCUT2D eigenvalue weighted by Gasteiger charge is 2.45. The lowest BCUT2D eigenvalue weighted by atomic mass is 9.67. The molecule has 63 heavy (non-hydrogen) atoms. The highest BCUT2D eigenvalue weighted by Crippen LogP contribution is 2.43. The quantitative estimate of drug-likeness (QED) is 0.0854. The van der Waals surface area contributed by atoms with Crippen LogP contribution in [0.25, 0.3) is 0 Å². The van der Waals surface area contributed by atoms with Gasteiger partial charge in [0.2, 0.25) is 0 Å². The van der Waals surface area contributed by atoms with Gasteiger partial charge in [-0.2, -0.15) is 0 Å². The fourth-order valence-electron chi connectivity index (χ4n) is 7.87. The molecule has 0 amide bonds. The van der Waals surface area contributed by atoms with Crippen LogP contribution >= 0.6 is 0 Å². The van der Waals surface area contributed by atoms with E-state index in [-0.39, 0.29) is 50.7 Å². The van der Waals surface area contributed by atoms with Crippen molar-refractivity contribution in [2.24, 2.45) is 0 Å². The van der Waals surface area contributed by atoms with E-state index in [0.29, 0.717) is 33.4 Å². The van der Waals surface area contributed by atoms with Crippen molar-refractivity contribution in [2.75, 3.05) is 0 Å². The molecule has 0 radical (unpaired) electrons. The Labute approximate surface area is 364 Å². The van der Waals surface area contributed by atoms with Crippen molar-refractivity contribution in [1.29, 1.82) is 0 Å². The van der Waals surface area contributed by atoms with Crippen molar-refractivity contribution >= 4 is 35.3 Å². The van der Waals surface area contributed by atoms with Crippen LogP contribution in [0.5, 0.6) is 0 Å². The molecule has 7 aromatic carbocycles. The highest BCUT2D eigenvalue weighted by molar-refractivity contribution is 6.10. The van der Waals surface area contributed by atoms with Crippen LogP contribution < -0.4 is 0 Å². The zero-order valence-electron chi connectivity index (χ0n) is 34.6. The Morgan fingerprint density at radius 1 is 0.286 bits per heavy atom. The molecule has 0 aliphatic heterocycles. The molecule has 9 heteroatoms. The second-order valence-electron chi connectivity index (χ2n) is 15.9. The molecule has 0 aliphatic rings. The van der Waals surface area contributed by atoms with Crippen LogP contribution in [0.15, 0.2) is 182 Å². The predicted octanol–water partition coefficient (Wildman–Crippen LogP) is 9.55. The summed E-state index contributed by atoms with van der Waals surface area (Å²) in [6, 6.07) is 48.5. The van der Waals surface area contributed by atoms with E-state index in [1.165, 1.54) is 112 Å². The summed E-state index contributed by atoms with van der Waals surface area (Å²) < 4.78 is 0. The number of carbonyl (C=O) groups excluding carboxylic acids is 3. The Bertz CT molecular complexity index is 2540. The third-order valence-electron chi connectivity index (χ3n) is 12.2. The Morgan fingerprint density at radius 3 is 0.667 bits per heavy atom. The van der Waals surface area contributed by atoms with E-state index in [9.17, 15) is 44.1 Å². The molecule has 7 aromatic rings. The first-order valence-electron chi connectivity index (χ1n) is 20.1. The zero-order chi connectivity index (χ0) is 45.1. The third kappa shape index (κ3) is 7.88. The molecule has 0 bridgehead atoms. The summed E-state index contributed by atoms with van der Waals surface area (Å²) in [5, 5.41) is 33.4. The Hall–Kier alpha value is -8.04. The standard InChI is InChI=1S/C54H42O9/c1-52(49(58)59,40-25-19-37(20-26-40)46(55)34-13-7-4-8-14-34)43-31-44(53(2,50(60)61)41-27-21-38(22-28-41)47(56)35-15-9-5-10-16-35)33-45(32-43)54(3,51(62)63)42-29-23-39(24-30-42)48(57)36-17-11-6-12-18-36/h4-33H,1-3H3,(H,58,59)(H,60,61)(H,62,63). The van der Waals surface area contributed by atoms with E-state index < -0.39 is 34.2 Å². The second-order valence-corrected chi connectivity index (χ2v) is 15.9. The Balaban J connectivity index is 1.41. The van der Waals surface area contributed by atoms with Gasteiger partial charge in [0.25, 0.3) is 0 Å². The first-order chi connectivity index (χ1) is 30.1. The van der Waals surface area contributed by atoms with Crippen LogP contribution in [-0.2, 0) is 30.6 Å². The van der Waals surface area contributed by atoms with Crippen LogP contribution in [-0.4, -0.2) is 50.6 Å². The zero-order valence-corrected chi connectivity index (χ0v) is 34.6. The molecule has 0 saturated carbocycles. The van der Waals surface area contributed by atoms with E-state index in [0.717, 1.165) is 0 Å². The van der Waals surface area contributed by atoms with Gasteiger partial charge in [0, 0.05) is 33.4 Å². The molecule has 0 saturated heterocycles. The number of ketones is 3. The van der Waals surface area contributed by atoms with E-state index in [2.05, 4.69) is 0 Å². The minimum atomic E-state index is -1.92. The monoisotopic (exact) mass is 834 g/mol. The average Bonchev–Trinajstić information content (AvgIpc) is 3.33. The van der Waals surface area contributed by atoms with Crippen LogP contribution in [0.2, 0.25) is 0 Å². The first kappa shape index (κ1) is 43.1. The third-order valence-corrected chi connectivity index (χ3v) is 12.2. The highest BCUT2D eigenvalue weighted by atomic mass is 16.4. The lowest BCUT2D eigenvalue weighted by molar-refractivity contribution is -0.142. The first-order valence-corrected chi connectivity index (χ1v) is 20.1. The summed E-state index contributed by atoms with van der Waals surface area (Å²) in [6.07, 6.45) is 0. The van der Waals surface area contributed by atoms with Crippen LogP contribution in [0.4, 0.5) is 0 Å². The Kier molecular flexibility index (Phi) is 11.7. The lowest BCUT2D eigenvalue weighted by Gasteiger charge is -2.34. The molecule has 0 heterocycles. The maximum Gasteiger partial charge on any atom is 0.318 e. The number of rotatable bonds is 15. The predicted molar refractivity (Wildman–Crippen MR) is 238 cm³/mol. The molecule has 3 N–H and O–H groups in total. The number of hydrogen-bond acceptors (Lipinski definition) is 6. The van der Waals surface area contributed by atoms with Gasteiger partial charge in [0.1, 0.15) is 16.2 Å². The number of carboxylic acids is 3. The normalized spacial score (nSPS) is 14.0. The molecule has 9 nitrogen and oxygen atoms in total. The molecule has 0 aromatic heterocycles. The van der Waals surface area contributed by atoms with E-state index in [1.807, 2.05) is 0 Å². The van der Waals surface area contributed by atoms with Gasteiger partial charge in [0.15, 0.2) is 17.3 Å².